The van der Waals surface area contributed by atoms with Gasteiger partial charge in [0.2, 0.25) is 5.91 Å². The van der Waals surface area contributed by atoms with Crippen LogP contribution in [0.1, 0.15) is 11.1 Å². The van der Waals surface area contributed by atoms with Crippen LogP contribution in [0.2, 0.25) is 0 Å². The van der Waals surface area contributed by atoms with Crippen molar-refractivity contribution in [1.82, 2.24) is 5.32 Å². The molecule has 2 N–H and O–H groups in total. The van der Waals surface area contributed by atoms with Gasteiger partial charge in [0.1, 0.15) is 5.75 Å². The van der Waals surface area contributed by atoms with Crippen molar-refractivity contribution in [2.24, 2.45) is 0 Å². The molecule has 120 valence electrons. The maximum atomic E-state index is 11.7. The monoisotopic (exact) mass is 312 g/mol. The van der Waals surface area contributed by atoms with Crippen LogP contribution in [0.3, 0.4) is 0 Å². The number of anilines is 1. The predicted octanol–water partition coefficient (Wildman–Crippen LogP) is 2.44. The molecule has 0 unspecified atom stereocenters. The van der Waals surface area contributed by atoms with Crippen molar-refractivity contribution in [3.05, 3.63) is 59.7 Å². The van der Waals surface area contributed by atoms with E-state index in [1.165, 1.54) is 0 Å². The molecule has 0 heterocycles. The van der Waals surface area contributed by atoms with E-state index in [2.05, 4.69) is 10.6 Å². The van der Waals surface area contributed by atoms with Crippen LogP contribution in [0.4, 0.5) is 5.69 Å². The minimum atomic E-state index is -0.343. The summed E-state index contributed by atoms with van der Waals surface area (Å²) in [4.78, 5) is 23.4. The number of carbonyl (C=O) groups is 2. The van der Waals surface area contributed by atoms with Crippen molar-refractivity contribution in [1.29, 1.82) is 0 Å². The number of rotatable bonds is 6. The Morgan fingerprint density at radius 2 is 1.43 bits per heavy atom. The van der Waals surface area contributed by atoms with Gasteiger partial charge >= 0.3 is 0 Å². The van der Waals surface area contributed by atoms with E-state index in [4.69, 9.17) is 4.74 Å². The number of hydrogen-bond donors (Lipinski definition) is 2. The molecule has 0 aliphatic rings. The van der Waals surface area contributed by atoms with E-state index < -0.39 is 0 Å². The number of amides is 2. The van der Waals surface area contributed by atoms with Crippen molar-refractivity contribution < 1.29 is 14.3 Å². The average molecular weight is 312 g/mol. The molecule has 2 amide bonds. The molecule has 0 aliphatic carbocycles. The molecular formula is C18H20N2O3. The summed E-state index contributed by atoms with van der Waals surface area (Å²) in [5.74, 6) is -0.00275. The number of benzene rings is 2. The minimum absolute atomic E-state index is 0.0933. The lowest BCUT2D eigenvalue weighted by Gasteiger charge is -2.08. The molecule has 0 fully saturated rings. The van der Waals surface area contributed by atoms with E-state index in [9.17, 15) is 9.59 Å². The van der Waals surface area contributed by atoms with Crippen LogP contribution in [-0.2, 0) is 9.59 Å². The predicted molar refractivity (Wildman–Crippen MR) is 89.5 cm³/mol. The molecular weight excluding hydrogens is 292 g/mol. The van der Waals surface area contributed by atoms with Crippen LogP contribution in [0.15, 0.2) is 48.5 Å². The Morgan fingerprint density at radius 1 is 0.870 bits per heavy atom. The van der Waals surface area contributed by atoms with Gasteiger partial charge in [-0.05, 0) is 38.1 Å². The number of hydrogen-bond acceptors (Lipinski definition) is 3. The third-order valence-electron chi connectivity index (χ3n) is 3.17. The summed E-state index contributed by atoms with van der Waals surface area (Å²) in [5, 5.41) is 5.23. The quantitative estimate of drug-likeness (QED) is 0.861. The van der Waals surface area contributed by atoms with Gasteiger partial charge in [0.15, 0.2) is 6.61 Å². The van der Waals surface area contributed by atoms with Crippen LogP contribution in [0.5, 0.6) is 5.75 Å². The third-order valence-corrected chi connectivity index (χ3v) is 3.17. The fourth-order valence-electron chi connectivity index (χ4n) is 1.86. The Bertz CT molecular complexity index is 664. The summed E-state index contributed by atoms with van der Waals surface area (Å²) in [7, 11) is 0. The Hall–Kier alpha value is -2.82. The van der Waals surface area contributed by atoms with E-state index in [0.717, 1.165) is 11.1 Å². The van der Waals surface area contributed by atoms with Crippen molar-refractivity contribution >= 4 is 17.5 Å². The maximum Gasteiger partial charge on any atom is 0.258 e. The molecule has 0 bridgehead atoms. The van der Waals surface area contributed by atoms with Crippen molar-refractivity contribution in [3.8, 4) is 5.75 Å². The van der Waals surface area contributed by atoms with Crippen LogP contribution < -0.4 is 15.4 Å². The average Bonchev–Trinajstić information content (AvgIpc) is 2.54. The summed E-state index contributed by atoms with van der Waals surface area (Å²) >= 11 is 0. The Kier molecular flexibility index (Phi) is 5.74. The van der Waals surface area contributed by atoms with Gasteiger partial charge < -0.3 is 15.4 Å². The fraction of sp³-hybridized carbons (Fsp3) is 0.222. The molecule has 2 aromatic carbocycles. The van der Waals surface area contributed by atoms with Gasteiger partial charge in [-0.15, -0.1) is 0 Å². The second-order valence-electron chi connectivity index (χ2n) is 5.29. The number of ether oxygens (including phenoxy) is 1. The highest BCUT2D eigenvalue weighted by atomic mass is 16.5. The second kappa shape index (κ2) is 7.98. The van der Waals surface area contributed by atoms with Crippen LogP contribution in [0.25, 0.3) is 0 Å². The zero-order valence-electron chi connectivity index (χ0n) is 13.3. The minimum Gasteiger partial charge on any atom is -0.484 e. The zero-order valence-corrected chi connectivity index (χ0v) is 13.3. The van der Waals surface area contributed by atoms with Crippen LogP contribution in [0, 0.1) is 13.8 Å². The highest BCUT2D eigenvalue weighted by Gasteiger charge is 2.06. The summed E-state index contributed by atoms with van der Waals surface area (Å²) in [6.45, 7) is 3.73. The van der Waals surface area contributed by atoms with E-state index in [1.54, 1.807) is 12.1 Å². The molecule has 5 nitrogen and oxygen atoms in total. The van der Waals surface area contributed by atoms with E-state index >= 15 is 0 Å². The topological polar surface area (TPSA) is 67.4 Å². The molecule has 0 atom stereocenters. The lowest BCUT2D eigenvalue weighted by Crippen LogP contribution is -2.35. The summed E-state index contributed by atoms with van der Waals surface area (Å²) in [5.41, 5.74) is 2.94. The fourth-order valence-corrected chi connectivity index (χ4v) is 1.86. The maximum absolute atomic E-state index is 11.7. The smallest absolute Gasteiger partial charge is 0.258 e. The van der Waals surface area contributed by atoms with Gasteiger partial charge in [-0.25, -0.2) is 0 Å². The largest absolute Gasteiger partial charge is 0.484 e. The van der Waals surface area contributed by atoms with Crippen LogP contribution in [-0.4, -0.2) is 25.0 Å². The first-order chi connectivity index (χ1) is 11.0. The Morgan fingerprint density at radius 3 is 2.04 bits per heavy atom. The van der Waals surface area contributed by atoms with Crippen LogP contribution >= 0.6 is 0 Å². The van der Waals surface area contributed by atoms with Gasteiger partial charge in [-0.1, -0.05) is 35.4 Å². The van der Waals surface area contributed by atoms with Gasteiger partial charge in [0, 0.05) is 5.69 Å². The van der Waals surface area contributed by atoms with Crippen molar-refractivity contribution in [2.45, 2.75) is 13.8 Å². The van der Waals surface area contributed by atoms with Gasteiger partial charge in [-0.2, -0.15) is 0 Å². The standard InChI is InChI=1S/C18H20N2O3/c1-13-3-7-15(8-4-13)20-17(21)11-19-18(22)12-23-16-9-5-14(2)6-10-16/h3-10H,11-12H2,1-2H3,(H,19,22)(H,20,21). The molecule has 0 aliphatic heterocycles. The van der Waals surface area contributed by atoms with Crippen molar-refractivity contribution in [3.63, 3.8) is 0 Å². The Labute approximate surface area is 135 Å². The second-order valence-corrected chi connectivity index (χ2v) is 5.29. The number of carbonyl (C=O) groups excluding carboxylic acids is 2. The number of nitrogens with one attached hydrogen (secondary N) is 2. The first-order valence-electron chi connectivity index (χ1n) is 7.35. The first-order valence-corrected chi connectivity index (χ1v) is 7.35. The molecule has 2 aromatic rings. The zero-order chi connectivity index (χ0) is 16.7. The van der Waals surface area contributed by atoms with E-state index in [-0.39, 0.29) is 25.0 Å². The van der Waals surface area contributed by atoms with Crippen molar-refractivity contribution in [2.75, 3.05) is 18.5 Å². The highest BCUT2D eigenvalue weighted by Crippen LogP contribution is 2.11. The SMILES string of the molecule is Cc1ccc(NC(=O)CNC(=O)COc2ccc(C)cc2)cc1. The molecule has 0 spiro atoms. The molecule has 0 aromatic heterocycles. The lowest BCUT2D eigenvalue weighted by molar-refractivity contribution is -0.125. The molecule has 23 heavy (non-hydrogen) atoms. The summed E-state index contributed by atoms with van der Waals surface area (Å²) in [6, 6.07) is 14.8. The van der Waals surface area contributed by atoms with Gasteiger partial charge in [0.25, 0.3) is 5.91 Å². The Balaban J connectivity index is 1.70. The summed E-state index contributed by atoms with van der Waals surface area (Å²) in [6.07, 6.45) is 0. The normalized spacial score (nSPS) is 10.0. The number of aryl methyl sites for hydroxylation is 2. The molecule has 5 heteroatoms. The first kappa shape index (κ1) is 16.5. The lowest BCUT2D eigenvalue weighted by atomic mass is 10.2. The van der Waals surface area contributed by atoms with E-state index in [0.29, 0.717) is 11.4 Å². The summed E-state index contributed by atoms with van der Waals surface area (Å²) < 4.78 is 5.34. The van der Waals surface area contributed by atoms with Gasteiger partial charge in [-0.3, -0.25) is 9.59 Å². The highest BCUT2D eigenvalue weighted by molar-refractivity contribution is 5.94. The molecule has 2 rings (SSSR count). The van der Waals surface area contributed by atoms with Gasteiger partial charge in [0.05, 0.1) is 6.54 Å². The van der Waals surface area contributed by atoms with E-state index in [1.807, 2.05) is 50.2 Å². The molecule has 0 saturated carbocycles. The molecule has 0 saturated heterocycles. The molecule has 0 radical (unpaired) electrons. The third kappa shape index (κ3) is 5.82.